The van der Waals surface area contributed by atoms with Crippen molar-refractivity contribution in [3.63, 3.8) is 0 Å². The molecule has 0 saturated carbocycles. The summed E-state index contributed by atoms with van der Waals surface area (Å²) in [5, 5.41) is 11.8. The monoisotopic (exact) mass is 301 g/mol. The minimum absolute atomic E-state index is 0.00737. The van der Waals surface area contributed by atoms with Gasteiger partial charge < -0.3 is 10.4 Å². The number of carbonyl (C=O) groups excluding carboxylic acids is 1. The first kappa shape index (κ1) is 17.7. The maximum absolute atomic E-state index is 12.4. The smallest absolute Gasteiger partial charge is 0.303 e. The standard InChI is InChI=1S/C18H23NO3/c1-3-8-15(9-4-2)18(22)19-16(12-13-17(20)21)14-10-6-5-7-11-14/h3-7,10-11,15-16H,1-2,8-9,12-13H2,(H,19,22)(H,20,21). The van der Waals surface area contributed by atoms with Crippen molar-refractivity contribution in [2.45, 2.75) is 31.7 Å². The van der Waals surface area contributed by atoms with E-state index in [1.165, 1.54) is 0 Å². The Hall–Kier alpha value is -2.36. The Morgan fingerprint density at radius 2 is 1.73 bits per heavy atom. The molecule has 1 unspecified atom stereocenters. The summed E-state index contributed by atoms with van der Waals surface area (Å²) in [7, 11) is 0. The third kappa shape index (κ3) is 5.95. The summed E-state index contributed by atoms with van der Waals surface area (Å²) in [4.78, 5) is 23.2. The second kappa shape index (κ2) is 9.55. The van der Waals surface area contributed by atoms with Crippen molar-refractivity contribution in [2.24, 2.45) is 5.92 Å². The number of benzene rings is 1. The quantitative estimate of drug-likeness (QED) is 0.650. The average molecular weight is 301 g/mol. The van der Waals surface area contributed by atoms with Gasteiger partial charge in [-0.1, -0.05) is 42.5 Å². The van der Waals surface area contributed by atoms with Crippen LogP contribution < -0.4 is 5.32 Å². The van der Waals surface area contributed by atoms with Crippen molar-refractivity contribution in [2.75, 3.05) is 0 Å². The Balaban J connectivity index is 2.82. The van der Waals surface area contributed by atoms with E-state index in [9.17, 15) is 9.59 Å². The second-order valence-corrected chi connectivity index (χ2v) is 5.15. The van der Waals surface area contributed by atoms with Crippen molar-refractivity contribution in [1.82, 2.24) is 5.32 Å². The maximum atomic E-state index is 12.4. The largest absolute Gasteiger partial charge is 0.481 e. The third-order valence-electron chi connectivity index (χ3n) is 3.44. The fourth-order valence-corrected chi connectivity index (χ4v) is 2.28. The Morgan fingerprint density at radius 3 is 2.23 bits per heavy atom. The van der Waals surface area contributed by atoms with Gasteiger partial charge in [-0.15, -0.1) is 13.2 Å². The van der Waals surface area contributed by atoms with E-state index in [1.54, 1.807) is 12.2 Å². The highest BCUT2D eigenvalue weighted by Crippen LogP contribution is 2.20. The van der Waals surface area contributed by atoms with Crippen molar-refractivity contribution in [3.8, 4) is 0 Å². The average Bonchev–Trinajstić information content (AvgIpc) is 2.51. The topological polar surface area (TPSA) is 66.4 Å². The number of carbonyl (C=O) groups is 2. The molecule has 1 aromatic rings. The molecule has 1 amide bonds. The van der Waals surface area contributed by atoms with Crippen LogP contribution in [0, 0.1) is 5.92 Å². The van der Waals surface area contributed by atoms with Gasteiger partial charge in [0, 0.05) is 12.3 Å². The van der Waals surface area contributed by atoms with E-state index in [-0.39, 0.29) is 24.3 Å². The van der Waals surface area contributed by atoms with Crippen LogP contribution in [-0.4, -0.2) is 17.0 Å². The van der Waals surface area contributed by atoms with Crippen LogP contribution in [0.3, 0.4) is 0 Å². The molecule has 0 radical (unpaired) electrons. The normalized spacial score (nSPS) is 11.7. The zero-order chi connectivity index (χ0) is 16.4. The lowest BCUT2D eigenvalue weighted by Gasteiger charge is -2.22. The number of aliphatic carboxylic acids is 1. The number of hydrogen-bond acceptors (Lipinski definition) is 2. The number of hydrogen-bond donors (Lipinski definition) is 2. The molecule has 0 heterocycles. The third-order valence-corrected chi connectivity index (χ3v) is 3.44. The summed E-state index contributed by atoms with van der Waals surface area (Å²) in [5.74, 6) is -1.19. The number of carboxylic acids is 1. The van der Waals surface area contributed by atoms with Crippen LogP contribution in [0.1, 0.15) is 37.3 Å². The Morgan fingerprint density at radius 1 is 1.14 bits per heavy atom. The molecule has 118 valence electrons. The molecule has 22 heavy (non-hydrogen) atoms. The first-order valence-corrected chi connectivity index (χ1v) is 7.37. The highest BCUT2D eigenvalue weighted by Gasteiger charge is 2.21. The van der Waals surface area contributed by atoms with Gasteiger partial charge >= 0.3 is 5.97 Å². The Kier molecular flexibility index (Phi) is 7.68. The van der Waals surface area contributed by atoms with Crippen LogP contribution in [0.5, 0.6) is 0 Å². The zero-order valence-electron chi connectivity index (χ0n) is 12.7. The van der Waals surface area contributed by atoms with E-state index in [1.807, 2.05) is 30.3 Å². The van der Waals surface area contributed by atoms with Gasteiger partial charge in [-0.05, 0) is 24.8 Å². The molecule has 0 bridgehead atoms. The fraction of sp³-hybridized carbons (Fsp3) is 0.333. The van der Waals surface area contributed by atoms with Gasteiger partial charge in [-0.3, -0.25) is 9.59 Å². The zero-order valence-corrected chi connectivity index (χ0v) is 12.7. The summed E-state index contributed by atoms with van der Waals surface area (Å²) < 4.78 is 0. The molecule has 0 aliphatic rings. The Labute approximate surface area is 131 Å². The molecule has 0 aliphatic carbocycles. The van der Waals surface area contributed by atoms with Crippen LogP contribution >= 0.6 is 0 Å². The van der Waals surface area contributed by atoms with Crippen LogP contribution in [0.25, 0.3) is 0 Å². The first-order valence-electron chi connectivity index (χ1n) is 7.37. The van der Waals surface area contributed by atoms with E-state index >= 15 is 0 Å². The summed E-state index contributed by atoms with van der Waals surface area (Å²) in [6.07, 6.45) is 4.93. The van der Waals surface area contributed by atoms with Crippen molar-refractivity contribution < 1.29 is 14.7 Å². The lowest BCUT2D eigenvalue weighted by molar-refractivity contribution is -0.137. The number of allylic oxidation sites excluding steroid dienone is 2. The first-order chi connectivity index (χ1) is 10.6. The summed E-state index contributed by atoms with van der Waals surface area (Å²) in [6, 6.07) is 9.12. The van der Waals surface area contributed by atoms with Crippen LogP contribution in [0.2, 0.25) is 0 Å². The molecule has 0 saturated heterocycles. The molecular weight excluding hydrogens is 278 g/mol. The predicted octanol–water partition coefficient (Wildman–Crippen LogP) is 3.48. The predicted molar refractivity (Wildman–Crippen MR) is 87.3 cm³/mol. The summed E-state index contributed by atoms with van der Waals surface area (Å²) >= 11 is 0. The second-order valence-electron chi connectivity index (χ2n) is 5.15. The molecule has 2 N–H and O–H groups in total. The van der Waals surface area contributed by atoms with E-state index in [0.29, 0.717) is 19.3 Å². The molecular formula is C18H23NO3. The molecule has 0 spiro atoms. The van der Waals surface area contributed by atoms with Crippen molar-refractivity contribution in [3.05, 3.63) is 61.2 Å². The lowest BCUT2D eigenvalue weighted by Crippen LogP contribution is -2.34. The number of amides is 1. The van der Waals surface area contributed by atoms with Gasteiger partial charge in [-0.2, -0.15) is 0 Å². The minimum atomic E-state index is -0.871. The van der Waals surface area contributed by atoms with Crippen LogP contribution in [0.15, 0.2) is 55.6 Å². The SMILES string of the molecule is C=CCC(CC=C)C(=O)NC(CCC(=O)O)c1ccccc1. The minimum Gasteiger partial charge on any atom is -0.481 e. The maximum Gasteiger partial charge on any atom is 0.303 e. The fourth-order valence-electron chi connectivity index (χ4n) is 2.28. The molecule has 1 aromatic carbocycles. The number of rotatable bonds is 10. The lowest BCUT2D eigenvalue weighted by atomic mass is 9.97. The molecule has 1 rings (SSSR count). The molecule has 4 nitrogen and oxygen atoms in total. The van der Waals surface area contributed by atoms with E-state index in [4.69, 9.17) is 5.11 Å². The number of carboxylic acid groups (broad SMARTS) is 1. The van der Waals surface area contributed by atoms with Crippen LogP contribution in [-0.2, 0) is 9.59 Å². The van der Waals surface area contributed by atoms with E-state index in [0.717, 1.165) is 5.56 Å². The molecule has 1 atom stereocenters. The highest BCUT2D eigenvalue weighted by molar-refractivity contribution is 5.79. The van der Waals surface area contributed by atoms with Gasteiger partial charge in [0.1, 0.15) is 0 Å². The van der Waals surface area contributed by atoms with Gasteiger partial charge in [0.05, 0.1) is 6.04 Å². The molecule has 4 heteroatoms. The van der Waals surface area contributed by atoms with Crippen LogP contribution in [0.4, 0.5) is 0 Å². The molecule has 0 aromatic heterocycles. The van der Waals surface area contributed by atoms with Crippen molar-refractivity contribution in [1.29, 1.82) is 0 Å². The van der Waals surface area contributed by atoms with Gasteiger partial charge in [-0.25, -0.2) is 0 Å². The van der Waals surface area contributed by atoms with Gasteiger partial charge in [0.2, 0.25) is 5.91 Å². The van der Waals surface area contributed by atoms with Crippen molar-refractivity contribution >= 4 is 11.9 Å². The molecule has 0 aliphatic heterocycles. The highest BCUT2D eigenvalue weighted by atomic mass is 16.4. The van der Waals surface area contributed by atoms with Gasteiger partial charge in [0.25, 0.3) is 0 Å². The van der Waals surface area contributed by atoms with Gasteiger partial charge in [0.15, 0.2) is 0 Å². The summed E-state index contributed by atoms with van der Waals surface area (Å²) in [6.45, 7) is 7.34. The van der Waals surface area contributed by atoms with E-state index < -0.39 is 5.97 Å². The van der Waals surface area contributed by atoms with E-state index in [2.05, 4.69) is 18.5 Å². The Bertz CT molecular complexity index is 500. The summed E-state index contributed by atoms with van der Waals surface area (Å²) in [5.41, 5.74) is 0.910. The number of nitrogens with one attached hydrogen (secondary N) is 1. The molecule has 0 fully saturated rings.